The Labute approximate surface area is 222 Å². The molecule has 0 spiro atoms. The van der Waals surface area contributed by atoms with E-state index in [9.17, 15) is 14.4 Å². The van der Waals surface area contributed by atoms with E-state index in [2.05, 4.69) is 31.1 Å². The molecule has 0 unspecified atom stereocenters. The van der Waals surface area contributed by atoms with E-state index in [1.54, 1.807) is 41.6 Å². The Morgan fingerprint density at radius 3 is 2.78 bits per heavy atom. The summed E-state index contributed by atoms with van der Waals surface area (Å²) in [5.41, 5.74) is 0.576. The minimum absolute atomic E-state index is 0. The molecule has 2 atom stereocenters. The van der Waals surface area contributed by atoms with Crippen LogP contribution in [0.1, 0.15) is 23.9 Å². The summed E-state index contributed by atoms with van der Waals surface area (Å²) in [7, 11) is 0. The van der Waals surface area contributed by atoms with Gasteiger partial charge in [-0.25, -0.2) is 28.4 Å². The molecular formula is C22H19ClFN9OS2. The average Bonchev–Trinajstić information content (AvgIpc) is 3.55. The van der Waals surface area contributed by atoms with Crippen molar-refractivity contribution in [2.75, 3.05) is 11.4 Å². The van der Waals surface area contributed by atoms with E-state index in [0.29, 0.717) is 28.2 Å². The van der Waals surface area contributed by atoms with Gasteiger partial charge in [-0.05, 0) is 18.2 Å². The van der Waals surface area contributed by atoms with Crippen LogP contribution >= 0.6 is 38.6 Å². The summed E-state index contributed by atoms with van der Waals surface area (Å²) in [5, 5.41) is 15.0. The normalized spacial score (nSPS) is 17.1. The van der Waals surface area contributed by atoms with Gasteiger partial charge in [0.05, 0.1) is 28.6 Å². The van der Waals surface area contributed by atoms with Crippen LogP contribution in [0.25, 0.3) is 22.4 Å². The molecule has 5 aromatic rings. The average molecular weight is 544 g/mol. The maximum absolute atomic E-state index is 14.9. The highest BCUT2D eigenvalue weighted by atomic mass is 35.5. The molecule has 1 N–H and O–H groups in total. The number of halogens is 2. The highest BCUT2D eigenvalue weighted by molar-refractivity contribution is 7.59. The molecule has 184 valence electrons. The second-order valence-electron chi connectivity index (χ2n) is 7.88. The summed E-state index contributed by atoms with van der Waals surface area (Å²) in [6.45, 7) is 0.00931. The van der Waals surface area contributed by atoms with Crippen molar-refractivity contribution in [3.05, 3.63) is 75.9 Å². The zero-order chi connectivity index (χ0) is 23.4. The monoisotopic (exact) mass is 543 g/mol. The highest BCUT2D eigenvalue weighted by Crippen LogP contribution is 2.39. The number of rotatable bonds is 3. The summed E-state index contributed by atoms with van der Waals surface area (Å²) < 4.78 is 17.7. The smallest absolute Gasteiger partial charge is 0.285 e. The predicted octanol–water partition coefficient (Wildman–Crippen LogP) is 3.19. The summed E-state index contributed by atoms with van der Waals surface area (Å²) >= 11 is 6.27. The molecule has 1 fully saturated rings. The third kappa shape index (κ3) is 3.87. The van der Waals surface area contributed by atoms with Gasteiger partial charge in [0, 0.05) is 25.0 Å². The van der Waals surface area contributed by atoms with Gasteiger partial charge < -0.3 is 9.88 Å². The maximum Gasteiger partial charge on any atom is 0.285 e. The Kier molecular flexibility index (Phi) is 6.94. The molecular weight excluding hydrogens is 525 g/mol. The molecule has 0 aliphatic carbocycles. The topological polar surface area (TPSA) is 121 Å². The van der Waals surface area contributed by atoms with E-state index in [1.807, 2.05) is 0 Å². The number of nitriles is 1. The van der Waals surface area contributed by atoms with Crippen molar-refractivity contribution in [2.24, 2.45) is 0 Å². The fraction of sp³-hybridized carbons (Fsp3) is 0.182. The van der Waals surface area contributed by atoms with E-state index in [4.69, 9.17) is 11.6 Å². The number of alkyl halides is 1. The number of hydrogen-bond acceptors (Lipinski definition) is 7. The van der Waals surface area contributed by atoms with Gasteiger partial charge in [0.25, 0.3) is 5.56 Å². The van der Waals surface area contributed by atoms with E-state index in [0.717, 1.165) is 0 Å². The Balaban J connectivity index is 0.00000152. The minimum Gasteiger partial charge on any atom is -0.345 e. The summed E-state index contributed by atoms with van der Waals surface area (Å²) in [5.74, 6) is 1.01. The third-order valence-electron chi connectivity index (χ3n) is 5.93. The molecule has 6 heterocycles. The zero-order valence-corrected chi connectivity index (χ0v) is 21.2. The molecule has 0 bridgehead atoms. The van der Waals surface area contributed by atoms with E-state index >= 15 is 0 Å². The molecule has 0 aromatic carbocycles. The van der Waals surface area contributed by atoms with Crippen molar-refractivity contribution >= 4 is 61.0 Å². The fourth-order valence-electron chi connectivity index (χ4n) is 4.49. The number of anilines is 1. The van der Waals surface area contributed by atoms with Crippen LogP contribution in [0.3, 0.4) is 0 Å². The first-order chi connectivity index (χ1) is 16.6. The van der Waals surface area contributed by atoms with Crippen LogP contribution < -0.4 is 10.5 Å². The van der Waals surface area contributed by atoms with E-state index in [1.165, 1.54) is 21.6 Å². The number of fused-ring (bicyclic) bond motifs is 2. The number of aromatic amines is 1. The Hall–Kier alpha value is -3.60. The summed E-state index contributed by atoms with van der Waals surface area (Å²) in [6.07, 6.45) is 4.89. The lowest BCUT2D eigenvalue weighted by Gasteiger charge is -2.27. The van der Waals surface area contributed by atoms with Crippen LogP contribution in [-0.4, -0.2) is 46.8 Å². The molecule has 36 heavy (non-hydrogen) atoms. The second kappa shape index (κ2) is 9.81. The lowest BCUT2D eigenvalue weighted by Crippen LogP contribution is -2.33. The quantitative estimate of drug-likeness (QED) is 0.371. The molecule has 10 nitrogen and oxygen atoms in total. The second-order valence-corrected chi connectivity index (χ2v) is 8.29. The fourth-order valence-corrected chi connectivity index (χ4v) is 4.71. The number of hydrogen-bond donors (Lipinski definition) is 1. The van der Waals surface area contributed by atoms with Crippen LogP contribution in [0.2, 0.25) is 5.02 Å². The van der Waals surface area contributed by atoms with Gasteiger partial charge in [0.15, 0.2) is 5.82 Å². The SMILES string of the molecule is N#Cc1c[nH]c2ncnc(N3C[C@@H](F)C[C@H]3c3nn4ccc(Cl)c4c(=O)n3-c3ccccn3)c12.S.S. The maximum atomic E-state index is 14.9. The molecule has 0 amide bonds. The van der Waals surface area contributed by atoms with Gasteiger partial charge >= 0.3 is 0 Å². The minimum atomic E-state index is -1.21. The van der Waals surface area contributed by atoms with Crippen LogP contribution in [0, 0.1) is 11.3 Å². The lowest BCUT2D eigenvalue weighted by atomic mass is 10.1. The molecule has 0 radical (unpaired) electrons. The van der Waals surface area contributed by atoms with Crippen molar-refractivity contribution in [1.29, 1.82) is 5.26 Å². The first-order valence-electron chi connectivity index (χ1n) is 10.4. The lowest BCUT2D eigenvalue weighted by molar-refractivity contribution is 0.354. The van der Waals surface area contributed by atoms with Crippen molar-refractivity contribution < 1.29 is 4.39 Å². The summed E-state index contributed by atoms with van der Waals surface area (Å²) in [4.78, 5) is 31.2. The standard InChI is InChI=1S/C22H15ClFN9O.2H2S/c23-14-4-6-32-18(14)22(34)33(16-3-1-2-5-26-16)20(30-32)15-7-13(24)10-31(15)21-17-12(8-25)9-27-19(17)28-11-29-21;;/h1-6,9,11,13,15H,7,10H2,(H,27,28,29);2*1H2/t13-,15-;;/m0../s1. The van der Waals surface area contributed by atoms with Gasteiger partial charge in [-0.1, -0.05) is 17.7 Å². The molecule has 1 saturated heterocycles. The van der Waals surface area contributed by atoms with Gasteiger partial charge in [0.1, 0.15) is 41.4 Å². The van der Waals surface area contributed by atoms with Crippen molar-refractivity contribution in [1.82, 2.24) is 34.1 Å². The number of aromatic nitrogens is 7. The number of H-pyrrole nitrogens is 1. The van der Waals surface area contributed by atoms with E-state index < -0.39 is 17.8 Å². The van der Waals surface area contributed by atoms with Gasteiger partial charge in [-0.2, -0.15) is 37.4 Å². The van der Waals surface area contributed by atoms with Crippen LogP contribution in [0.15, 0.2) is 54.0 Å². The molecule has 6 rings (SSSR count). The molecule has 0 saturated carbocycles. The first-order valence-corrected chi connectivity index (χ1v) is 10.8. The molecule has 1 aliphatic heterocycles. The predicted molar refractivity (Wildman–Crippen MR) is 143 cm³/mol. The van der Waals surface area contributed by atoms with Crippen LogP contribution in [0.4, 0.5) is 10.2 Å². The van der Waals surface area contributed by atoms with E-state index in [-0.39, 0.29) is 56.3 Å². The molecule has 1 aliphatic rings. The Bertz CT molecular complexity index is 1660. The van der Waals surface area contributed by atoms with Crippen LogP contribution in [-0.2, 0) is 0 Å². The van der Waals surface area contributed by atoms with Crippen molar-refractivity contribution in [3.63, 3.8) is 0 Å². The Morgan fingerprint density at radius 1 is 1.19 bits per heavy atom. The third-order valence-corrected chi connectivity index (χ3v) is 6.24. The van der Waals surface area contributed by atoms with Gasteiger partial charge in [-0.15, -0.1) is 0 Å². The summed E-state index contributed by atoms with van der Waals surface area (Å²) in [6, 6.07) is 8.19. The molecule has 5 aromatic heterocycles. The number of pyridine rings is 1. The Morgan fingerprint density at radius 2 is 2.03 bits per heavy atom. The van der Waals surface area contributed by atoms with Crippen molar-refractivity contribution in [3.8, 4) is 11.9 Å². The highest BCUT2D eigenvalue weighted by Gasteiger charge is 2.39. The first kappa shape index (κ1) is 25.5. The largest absolute Gasteiger partial charge is 0.345 e. The zero-order valence-electron chi connectivity index (χ0n) is 18.4. The number of nitrogens with one attached hydrogen (secondary N) is 1. The van der Waals surface area contributed by atoms with Gasteiger partial charge in [0.2, 0.25) is 0 Å². The van der Waals surface area contributed by atoms with Crippen LogP contribution in [0.5, 0.6) is 0 Å². The van der Waals surface area contributed by atoms with Crippen molar-refractivity contribution in [2.45, 2.75) is 18.6 Å². The molecule has 14 heteroatoms. The number of nitrogens with zero attached hydrogens (tertiary/aromatic N) is 8. The van der Waals surface area contributed by atoms with Gasteiger partial charge in [-0.3, -0.25) is 4.79 Å².